The molecule has 0 aliphatic heterocycles. The maximum absolute atomic E-state index is 11.7. The first-order chi connectivity index (χ1) is 12.1. The Bertz CT molecular complexity index is 1080. The van der Waals surface area contributed by atoms with E-state index >= 15 is 0 Å². The molecule has 13 heteroatoms. The summed E-state index contributed by atoms with van der Waals surface area (Å²) in [6.07, 6.45) is 0. The van der Waals surface area contributed by atoms with Crippen molar-refractivity contribution < 1.29 is 90.2 Å². The first kappa shape index (κ1) is 25.3. The smallest absolute Gasteiger partial charge is 0.846 e. The molecule has 1 aromatic heterocycles. The van der Waals surface area contributed by atoms with Crippen LogP contribution in [0, 0.1) is 0 Å². The van der Waals surface area contributed by atoms with E-state index in [2.05, 4.69) is 9.97 Å². The molecule has 9 nitrogen and oxygen atoms in total. The number of H-pyrrole nitrogens is 1. The van der Waals surface area contributed by atoms with Gasteiger partial charge in [0.2, 0.25) is 0 Å². The van der Waals surface area contributed by atoms with Gasteiger partial charge in [0.15, 0.2) is 0 Å². The van der Waals surface area contributed by atoms with Crippen LogP contribution in [0.5, 0.6) is 6.01 Å². The summed E-state index contributed by atoms with van der Waals surface area (Å²) in [6.45, 7) is 0. The van der Waals surface area contributed by atoms with Crippen LogP contribution in [-0.4, -0.2) is 35.9 Å². The SMILES string of the molecule is O=S(=O)([O-])c1ccc(-c2nc([O-])[nH]c2-c2ccc(S(=O)(=O)O)cc2)cc1.[Na+].[Na+]. The van der Waals surface area contributed by atoms with Crippen molar-refractivity contribution in [2.75, 3.05) is 0 Å². The molecule has 0 saturated heterocycles. The molecule has 0 saturated carbocycles. The van der Waals surface area contributed by atoms with E-state index in [-0.39, 0.29) is 75.4 Å². The Kier molecular flexibility index (Phi) is 8.49. The summed E-state index contributed by atoms with van der Waals surface area (Å²) in [5, 5.41) is 11.7. The fourth-order valence-corrected chi connectivity index (χ4v) is 3.29. The molecule has 0 aliphatic carbocycles. The summed E-state index contributed by atoms with van der Waals surface area (Å²) in [5.74, 6) is 0. The van der Waals surface area contributed by atoms with Gasteiger partial charge in [-0.1, -0.05) is 24.3 Å². The van der Waals surface area contributed by atoms with Crippen molar-refractivity contribution in [2.45, 2.75) is 9.79 Å². The maximum atomic E-state index is 11.7. The van der Waals surface area contributed by atoms with Gasteiger partial charge in [-0.05, 0) is 24.3 Å². The summed E-state index contributed by atoms with van der Waals surface area (Å²) in [7, 11) is -8.95. The molecule has 0 fully saturated rings. The summed E-state index contributed by atoms with van der Waals surface area (Å²) in [4.78, 5) is 5.59. The van der Waals surface area contributed by atoms with E-state index in [9.17, 15) is 26.5 Å². The van der Waals surface area contributed by atoms with E-state index < -0.39 is 31.1 Å². The van der Waals surface area contributed by atoms with Crippen molar-refractivity contribution in [2.24, 2.45) is 0 Å². The third-order valence-corrected chi connectivity index (χ3v) is 5.26. The summed E-state index contributed by atoms with van der Waals surface area (Å²) < 4.78 is 64.2. The molecule has 2 N–H and O–H groups in total. The minimum Gasteiger partial charge on any atom is -0.846 e. The van der Waals surface area contributed by atoms with Crippen LogP contribution in [0.2, 0.25) is 0 Å². The van der Waals surface area contributed by atoms with Gasteiger partial charge in [-0.25, -0.2) is 13.4 Å². The van der Waals surface area contributed by atoms with E-state index in [1.54, 1.807) is 0 Å². The molecule has 0 bridgehead atoms. The summed E-state index contributed by atoms with van der Waals surface area (Å²) >= 11 is 0. The Labute approximate surface area is 205 Å². The van der Waals surface area contributed by atoms with Crippen LogP contribution in [-0.2, 0) is 20.2 Å². The number of hydrogen-bond acceptors (Lipinski definition) is 7. The minimum atomic E-state index is -4.60. The van der Waals surface area contributed by atoms with Crippen molar-refractivity contribution in [3.8, 4) is 28.5 Å². The van der Waals surface area contributed by atoms with Gasteiger partial charge in [-0.2, -0.15) is 8.42 Å². The molecule has 0 radical (unpaired) electrons. The molecule has 2 aromatic carbocycles. The molecule has 0 aliphatic rings. The predicted octanol–water partition coefficient (Wildman–Crippen LogP) is -5.02. The number of nitrogens with zero attached hydrogens (tertiary/aromatic N) is 1. The average Bonchev–Trinajstić information content (AvgIpc) is 2.95. The Morgan fingerprint density at radius 2 is 1.29 bits per heavy atom. The molecule has 0 unspecified atom stereocenters. The zero-order valence-electron chi connectivity index (χ0n) is 14.8. The Morgan fingerprint density at radius 3 is 1.75 bits per heavy atom. The van der Waals surface area contributed by atoms with Gasteiger partial charge in [0.1, 0.15) is 10.1 Å². The van der Waals surface area contributed by atoms with Crippen LogP contribution in [0.1, 0.15) is 0 Å². The van der Waals surface area contributed by atoms with Crippen LogP contribution in [0.3, 0.4) is 0 Å². The van der Waals surface area contributed by atoms with Crippen LogP contribution in [0.4, 0.5) is 0 Å². The fraction of sp³-hybridized carbons (Fsp3) is 0. The zero-order chi connectivity index (χ0) is 19.1. The second kappa shape index (κ2) is 9.39. The van der Waals surface area contributed by atoms with Gasteiger partial charge in [0, 0.05) is 11.1 Å². The third kappa shape index (κ3) is 5.66. The van der Waals surface area contributed by atoms with Crippen molar-refractivity contribution in [3.63, 3.8) is 0 Å². The second-order valence-corrected chi connectivity index (χ2v) is 8.04. The predicted molar refractivity (Wildman–Crippen MR) is 86.7 cm³/mol. The van der Waals surface area contributed by atoms with Crippen molar-refractivity contribution >= 4 is 20.2 Å². The maximum Gasteiger partial charge on any atom is 1.00 e. The van der Waals surface area contributed by atoms with Crippen LogP contribution < -0.4 is 64.2 Å². The molecule has 0 spiro atoms. The largest absolute Gasteiger partial charge is 1.00 e. The second-order valence-electron chi connectivity index (χ2n) is 5.24. The van der Waals surface area contributed by atoms with Crippen molar-refractivity contribution in [1.82, 2.24) is 9.97 Å². The Hall–Kier alpha value is -0.730. The van der Waals surface area contributed by atoms with Gasteiger partial charge >= 0.3 is 59.1 Å². The molecule has 0 atom stereocenters. The normalized spacial score (nSPS) is 11.4. The van der Waals surface area contributed by atoms with E-state index in [1.165, 1.54) is 24.3 Å². The molecule has 28 heavy (non-hydrogen) atoms. The summed E-state index contributed by atoms with van der Waals surface area (Å²) in [5.41, 5.74) is 1.27. The number of aromatic amines is 1. The number of hydrogen-bond donors (Lipinski definition) is 2. The number of rotatable bonds is 4. The zero-order valence-corrected chi connectivity index (χ0v) is 20.4. The van der Waals surface area contributed by atoms with Crippen LogP contribution in [0.25, 0.3) is 22.5 Å². The number of nitrogens with one attached hydrogen (secondary N) is 1. The van der Waals surface area contributed by atoms with E-state index in [1.807, 2.05) is 0 Å². The number of benzene rings is 2. The number of aromatic nitrogens is 2. The first-order valence-electron chi connectivity index (χ1n) is 6.97. The molecule has 1 heterocycles. The van der Waals surface area contributed by atoms with E-state index in [4.69, 9.17) is 4.55 Å². The van der Waals surface area contributed by atoms with E-state index in [0.717, 1.165) is 24.3 Å². The Balaban J connectivity index is 0.00000196. The average molecular weight is 440 g/mol. The summed E-state index contributed by atoms with van der Waals surface area (Å²) in [6, 6.07) is 9.26. The molecule has 0 amide bonds. The quantitative estimate of drug-likeness (QED) is 0.301. The van der Waals surface area contributed by atoms with Gasteiger partial charge in [0.25, 0.3) is 10.1 Å². The standard InChI is InChI=1S/C15H12N2O7S2.2Na/c18-15-16-13(9-1-5-11(6-2-9)25(19,20)21)14(17-15)10-3-7-12(8-4-10)26(22,23)24;;/h1-8H,(H2,16,17,18)(H,19,20,21)(H,22,23,24);;/q;2*+1/p-2. The van der Waals surface area contributed by atoms with Crippen molar-refractivity contribution in [3.05, 3.63) is 48.5 Å². The minimum absolute atomic E-state index is 0. The molecule has 3 rings (SSSR count). The van der Waals surface area contributed by atoms with Crippen molar-refractivity contribution in [1.29, 1.82) is 0 Å². The van der Waals surface area contributed by atoms with Gasteiger partial charge in [-0.15, -0.1) is 0 Å². The third-order valence-electron chi connectivity index (χ3n) is 3.54. The number of imidazole rings is 1. The molecule has 136 valence electrons. The van der Waals surface area contributed by atoms with E-state index in [0.29, 0.717) is 11.1 Å². The first-order valence-corrected chi connectivity index (χ1v) is 9.82. The van der Waals surface area contributed by atoms with Crippen LogP contribution in [0.15, 0.2) is 58.3 Å². The van der Waals surface area contributed by atoms with Crippen LogP contribution >= 0.6 is 0 Å². The molecule has 3 aromatic rings. The van der Waals surface area contributed by atoms with Gasteiger partial charge < -0.3 is 14.6 Å². The monoisotopic (exact) mass is 440 g/mol. The fourth-order valence-electron chi connectivity index (χ4n) is 2.34. The van der Waals surface area contributed by atoms with Gasteiger partial charge in [-0.3, -0.25) is 4.55 Å². The molecular formula is C15H10N2Na2O7S2. The topological polar surface area (TPSA) is 163 Å². The Morgan fingerprint density at radius 1 is 0.821 bits per heavy atom. The van der Waals surface area contributed by atoms with Gasteiger partial charge in [0.05, 0.1) is 27.2 Å². The molecular weight excluding hydrogens is 430 g/mol.